The molecule has 0 aliphatic carbocycles. The largest absolute Gasteiger partial charge is 0.478 e. The van der Waals surface area contributed by atoms with Crippen molar-refractivity contribution in [2.24, 2.45) is 0 Å². The Morgan fingerprint density at radius 1 is 1.05 bits per heavy atom. The molecule has 0 saturated carbocycles. The van der Waals surface area contributed by atoms with Gasteiger partial charge in [0.05, 0.1) is 22.4 Å². The van der Waals surface area contributed by atoms with Gasteiger partial charge in [-0.2, -0.15) is 0 Å². The molecular formula is C34H40ClNO7S. The molecule has 1 amide bonds. The van der Waals surface area contributed by atoms with Gasteiger partial charge in [-0.1, -0.05) is 60.5 Å². The summed E-state index contributed by atoms with van der Waals surface area (Å²) in [7, 11) is -3.98. The Hall–Kier alpha value is -3.66. The second-order valence-corrected chi connectivity index (χ2v) is 14.1. The monoisotopic (exact) mass is 641 g/mol. The number of benzene rings is 3. The molecule has 10 heteroatoms. The van der Waals surface area contributed by atoms with E-state index in [4.69, 9.17) is 16.3 Å². The van der Waals surface area contributed by atoms with Crippen molar-refractivity contribution in [1.29, 1.82) is 0 Å². The number of sulfone groups is 1. The van der Waals surface area contributed by atoms with Crippen LogP contribution in [-0.4, -0.2) is 53.8 Å². The number of aryl methyl sites for hydroxylation is 1. The molecule has 3 aromatic carbocycles. The smallest absolute Gasteiger partial charge is 0.410 e. The molecule has 0 heterocycles. The number of hydrogen-bond acceptors (Lipinski definition) is 6. The third-order valence-electron chi connectivity index (χ3n) is 6.97. The summed E-state index contributed by atoms with van der Waals surface area (Å²) in [6.07, 6.45) is 0.410. The molecular weight excluding hydrogens is 602 g/mol. The molecule has 0 aliphatic rings. The third-order valence-corrected chi connectivity index (χ3v) is 9.05. The minimum atomic E-state index is -3.98. The molecule has 44 heavy (non-hydrogen) atoms. The van der Waals surface area contributed by atoms with Gasteiger partial charge in [0, 0.05) is 16.6 Å². The molecule has 0 bridgehead atoms. The number of amides is 1. The molecule has 0 aliphatic heterocycles. The molecule has 8 nitrogen and oxygen atoms in total. The second-order valence-electron chi connectivity index (χ2n) is 11.8. The van der Waals surface area contributed by atoms with E-state index in [0.29, 0.717) is 22.6 Å². The topological polar surface area (TPSA) is 121 Å². The molecule has 2 atom stereocenters. The number of aliphatic hydroxyl groups excluding tert-OH is 1. The zero-order valence-corrected chi connectivity index (χ0v) is 27.4. The Bertz CT molecular complexity index is 1630. The number of carboxylic acids is 1. The van der Waals surface area contributed by atoms with E-state index in [0.717, 1.165) is 11.1 Å². The maximum atomic E-state index is 13.7. The molecule has 0 fully saturated rings. The maximum absolute atomic E-state index is 13.7. The van der Waals surface area contributed by atoms with Gasteiger partial charge in [-0.3, -0.25) is 0 Å². The van der Waals surface area contributed by atoms with Gasteiger partial charge in [0.15, 0.2) is 0 Å². The van der Waals surface area contributed by atoms with Gasteiger partial charge in [-0.05, 0) is 101 Å². The van der Waals surface area contributed by atoms with Crippen LogP contribution in [0.4, 0.5) is 4.79 Å². The fourth-order valence-electron chi connectivity index (χ4n) is 4.67. The lowest BCUT2D eigenvalue weighted by Gasteiger charge is -2.33. The first kappa shape index (κ1) is 34.8. The van der Waals surface area contributed by atoms with Crippen LogP contribution in [-0.2, 0) is 25.8 Å². The number of carbonyl (C=O) groups excluding carboxylic acids is 1. The zero-order chi connectivity index (χ0) is 32.8. The van der Waals surface area contributed by atoms with E-state index < -0.39 is 39.6 Å². The quantitative estimate of drug-likeness (QED) is 0.211. The molecule has 0 spiro atoms. The highest BCUT2D eigenvalue weighted by Gasteiger charge is 2.29. The van der Waals surface area contributed by atoms with Crippen LogP contribution in [0.1, 0.15) is 69.4 Å². The number of aliphatic carboxylic acids is 1. The summed E-state index contributed by atoms with van der Waals surface area (Å²) in [6.45, 7) is 10.6. The van der Waals surface area contributed by atoms with Crippen LogP contribution in [0.2, 0.25) is 5.02 Å². The van der Waals surface area contributed by atoms with Crippen molar-refractivity contribution < 1.29 is 33.0 Å². The summed E-state index contributed by atoms with van der Waals surface area (Å²) < 4.78 is 33.0. The van der Waals surface area contributed by atoms with Gasteiger partial charge in [0.1, 0.15) is 5.60 Å². The Labute approximate surface area is 264 Å². The van der Waals surface area contributed by atoms with Crippen molar-refractivity contribution >= 4 is 39.6 Å². The summed E-state index contributed by atoms with van der Waals surface area (Å²) >= 11 is 6.10. The van der Waals surface area contributed by atoms with Crippen LogP contribution in [0.5, 0.6) is 0 Å². The number of ether oxygens (including phenoxy) is 1. The van der Waals surface area contributed by atoms with Crippen molar-refractivity contribution in [2.45, 2.75) is 81.9 Å². The lowest BCUT2D eigenvalue weighted by Crippen LogP contribution is -2.45. The van der Waals surface area contributed by atoms with Crippen LogP contribution in [0, 0.1) is 6.92 Å². The minimum Gasteiger partial charge on any atom is -0.478 e. The van der Waals surface area contributed by atoms with Crippen LogP contribution in [0.25, 0.3) is 6.08 Å². The number of nitrogens with zero attached hydrogens (tertiary/aromatic N) is 1. The van der Waals surface area contributed by atoms with E-state index in [1.165, 1.54) is 29.2 Å². The average Bonchev–Trinajstić information content (AvgIpc) is 2.93. The number of hydrogen-bond donors (Lipinski definition) is 2. The fraction of sp³-hybridized carbons (Fsp3) is 0.353. The lowest BCUT2D eigenvalue weighted by molar-refractivity contribution is -0.132. The summed E-state index contributed by atoms with van der Waals surface area (Å²) in [6, 6.07) is 17.6. The number of halogens is 1. The predicted octanol–water partition coefficient (Wildman–Crippen LogP) is 7.26. The van der Waals surface area contributed by atoms with E-state index in [-0.39, 0.29) is 28.3 Å². The molecule has 236 valence electrons. The lowest BCUT2D eigenvalue weighted by atomic mass is 10.0. The first-order valence-electron chi connectivity index (χ1n) is 14.3. The van der Waals surface area contributed by atoms with Crippen LogP contribution >= 0.6 is 11.6 Å². The van der Waals surface area contributed by atoms with Crippen molar-refractivity contribution in [3.8, 4) is 0 Å². The van der Waals surface area contributed by atoms with E-state index in [2.05, 4.69) is 0 Å². The number of aliphatic hydroxyl groups is 1. The van der Waals surface area contributed by atoms with E-state index in [1.807, 2.05) is 13.8 Å². The van der Waals surface area contributed by atoms with Crippen molar-refractivity contribution in [3.63, 3.8) is 0 Å². The van der Waals surface area contributed by atoms with Gasteiger partial charge in [0.25, 0.3) is 0 Å². The highest BCUT2D eigenvalue weighted by atomic mass is 35.5. The predicted molar refractivity (Wildman–Crippen MR) is 171 cm³/mol. The average molecular weight is 642 g/mol. The number of rotatable bonds is 11. The summed E-state index contributed by atoms with van der Waals surface area (Å²) in [5.74, 6) is -1.10. The molecule has 0 saturated heterocycles. The maximum Gasteiger partial charge on any atom is 0.410 e. The first-order valence-corrected chi connectivity index (χ1v) is 16.2. The zero-order valence-electron chi connectivity index (χ0n) is 25.9. The summed E-state index contributed by atoms with van der Waals surface area (Å²) in [5.41, 5.74) is 1.80. The Morgan fingerprint density at radius 2 is 1.70 bits per heavy atom. The molecule has 0 aromatic heterocycles. The standard InChI is InChI=1S/C34H40ClNO7S/c1-7-25(32(38)39)19-27-17-22(2)11-16-31(27)44(41,42)29-14-12-24(13-15-29)18-23(3)36(33(40)43-34(4,5)6)21-30(37)26-9-8-10-28(35)20-26/h8-17,19-20,23,30,37H,7,18,21H2,1-6H3,(H,38,39)/b25-19-/t23-,30-/m1/s1. The van der Waals surface area contributed by atoms with Gasteiger partial charge in [-0.25, -0.2) is 18.0 Å². The third kappa shape index (κ3) is 9.17. The van der Waals surface area contributed by atoms with Gasteiger partial charge >= 0.3 is 12.1 Å². The van der Waals surface area contributed by atoms with Crippen molar-refractivity contribution in [1.82, 2.24) is 4.90 Å². The Morgan fingerprint density at radius 3 is 2.27 bits per heavy atom. The van der Waals surface area contributed by atoms with E-state index in [1.54, 1.807) is 76.2 Å². The normalized spacial score (nSPS) is 13.7. The number of carboxylic acid groups (broad SMARTS) is 1. The first-order chi connectivity index (χ1) is 20.5. The molecule has 3 aromatic rings. The minimum absolute atomic E-state index is 0.0162. The van der Waals surface area contributed by atoms with E-state index in [9.17, 15) is 28.2 Å². The van der Waals surface area contributed by atoms with Crippen LogP contribution in [0.15, 0.2) is 82.1 Å². The Kier molecular flexibility index (Phi) is 11.4. The van der Waals surface area contributed by atoms with Gasteiger partial charge in [0.2, 0.25) is 9.84 Å². The van der Waals surface area contributed by atoms with Crippen LogP contribution < -0.4 is 0 Å². The molecule has 2 N–H and O–H groups in total. The van der Waals surface area contributed by atoms with E-state index >= 15 is 0 Å². The highest BCUT2D eigenvalue weighted by Crippen LogP contribution is 2.28. The van der Waals surface area contributed by atoms with Crippen molar-refractivity contribution in [3.05, 3.63) is 99.6 Å². The fourth-order valence-corrected chi connectivity index (χ4v) is 6.29. The number of carbonyl (C=O) groups is 2. The molecule has 3 rings (SSSR count). The van der Waals surface area contributed by atoms with Crippen molar-refractivity contribution in [2.75, 3.05) is 6.54 Å². The Balaban J connectivity index is 1.88. The molecule has 0 radical (unpaired) electrons. The second kappa shape index (κ2) is 14.4. The highest BCUT2D eigenvalue weighted by molar-refractivity contribution is 7.91. The van der Waals surface area contributed by atoms with Gasteiger partial charge in [-0.15, -0.1) is 0 Å². The van der Waals surface area contributed by atoms with Gasteiger partial charge < -0.3 is 19.8 Å². The SMILES string of the molecule is CC/C(=C/c1cc(C)ccc1S(=O)(=O)c1ccc(C[C@@H](C)N(C[C@@H](O)c2cccc(Cl)c2)C(=O)OC(C)(C)C)cc1)C(=O)O. The molecule has 0 unspecified atom stereocenters. The summed E-state index contributed by atoms with van der Waals surface area (Å²) in [4.78, 5) is 26.3. The summed E-state index contributed by atoms with van der Waals surface area (Å²) in [5, 5.41) is 20.9. The van der Waals surface area contributed by atoms with Crippen LogP contribution in [0.3, 0.4) is 0 Å².